The van der Waals surface area contributed by atoms with E-state index in [0.29, 0.717) is 5.75 Å². The van der Waals surface area contributed by atoms with E-state index in [9.17, 15) is 18.0 Å². The molecule has 0 saturated heterocycles. The Morgan fingerprint density at radius 2 is 1.86 bits per heavy atom. The number of carbonyl (C=O) groups excluding carboxylic acids is 1. The normalized spacial score (nSPS) is 14.2. The van der Waals surface area contributed by atoms with E-state index in [1.807, 2.05) is 0 Å². The van der Waals surface area contributed by atoms with Gasteiger partial charge in [0.1, 0.15) is 11.8 Å². The van der Waals surface area contributed by atoms with Gasteiger partial charge in [-0.2, -0.15) is 13.2 Å². The average molecular weight is 305 g/mol. The third kappa shape index (κ3) is 4.84. The molecule has 2 unspecified atom stereocenters. The van der Waals surface area contributed by atoms with Crippen molar-refractivity contribution in [2.75, 3.05) is 19.0 Å². The second-order valence-electron chi connectivity index (χ2n) is 4.43. The van der Waals surface area contributed by atoms with Crippen molar-refractivity contribution in [3.63, 3.8) is 0 Å². The highest BCUT2D eigenvalue weighted by Gasteiger charge is 2.46. The lowest BCUT2D eigenvalue weighted by atomic mass is 10.0. The van der Waals surface area contributed by atoms with E-state index in [0.717, 1.165) is 0 Å². The lowest BCUT2D eigenvalue weighted by molar-refractivity contribution is -0.171. The van der Waals surface area contributed by atoms with Crippen LogP contribution in [0, 0.1) is 5.92 Å². The average Bonchev–Trinajstić information content (AvgIpc) is 2.43. The number of methoxy groups -OCH3 is 1. The monoisotopic (exact) mass is 305 g/mol. The smallest absolute Gasteiger partial charge is 0.409 e. The van der Waals surface area contributed by atoms with Gasteiger partial charge in [-0.3, -0.25) is 4.79 Å². The van der Waals surface area contributed by atoms with Gasteiger partial charge < -0.3 is 14.8 Å². The molecule has 0 aromatic heterocycles. The highest BCUT2D eigenvalue weighted by molar-refractivity contribution is 5.73. The Bertz CT molecular complexity index is 460. The highest BCUT2D eigenvalue weighted by atomic mass is 19.4. The Kier molecular flexibility index (Phi) is 5.87. The van der Waals surface area contributed by atoms with Gasteiger partial charge in [0.2, 0.25) is 0 Å². The molecule has 4 nitrogen and oxygen atoms in total. The summed E-state index contributed by atoms with van der Waals surface area (Å²) < 4.78 is 48.9. The van der Waals surface area contributed by atoms with Gasteiger partial charge in [0, 0.05) is 5.69 Å². The molecular weight excluding hydrogens is 287 g/mol. The van der Waals surface area contributed by atoms with Crippen LogP contribution in [-0.4, -0.2) is 31.9 Å². The minimum Gasteiger partial charge on any atom is -0.497 e. The number of esters is 1. The number of anilines is 1. The number of halogens is 3. The van der Waals surface area contributed by atoms with E-state index in [-0.39, 0.29) is 12.3 Å². The van der Waals surface area contributed by atoms with Gasteiger partial charge in [-0.05, 0) is 38.1 Å². The highest BCUT2D eigenvalue weighted by Crippen LogP contribution is 2.30. The fraction of sp³-hybridized carbons (Fsp3) is 0.500. The minimum absolute atomic E-state index is 0.0380. The quantitative estimate of drug-likeness (QED) is 0.820. The first-order chi connectivity index (χ1) is 9.79. The van der Waals surface area contributed by atoms with Crippen molar-refractivity contribution in [2.45, 2.75) is 26.1 Å². The molecule has 7 heteroatoms. The third-order valence-electron chi connectivity index (χ3n) is 2.92. The summed E-state index contributed by atoms with van der Waals surface area (Å²) in [5, 5.41) is 2.33. The van der Waals surface area contributed by atoms with Gasteiger partial charge in [0.05, 0.1) is 19.6 Å². The molecule has 0 radical (unpaired) electrons. The van der Waals surface area contributed by atoms with Crippen LogP contribution >= 0.6 is 0 Å². The van der Waals surface area contributed by atoms with Crippen molar-refractivity contribution in [3.8, 4) is 5.75 Å². The van der Waals surface area contributed by atoms with Crippen LogP contribution < -0.4 is 10.1 Å². The van der Waals surface area contributed by atoms with Gasteiger partial charge in [-0.1, -0.05) is 0 Å². The van der Waals surface area contributed by atoms with Crippen LogP contribution in [0.1, 0.15) is 13.8 Å². The van der Waals surface area contributed by atoms with Crippen LogP contribution in [0.3, 0.4) is 0 Å². The van der Waals surface area contributed by atoms with Gasteiger partial charge >= 0.3 is 12.1 Å². The second kappa shape index (κ2) is 7.19. The first-order valence-electron chi connectivity index (χ1n) is 6.43. The minimum atomic E-state index is -4.58. The number of carbonyl (C=O) groups is 1. The molecule has 0 saturated carbocycles. The van der Waals surface area contributed by atoms with Crippen LogP contribution in [0.15, 0.2) is 24.3 Å². The summed E-state index contributed by atoms with van der Waals surface area (Å²) in [6.45, 7) is 2.77. The molecule has 0 fully saturated rings. The number of benzene rings is 1. The summed E-state index contributed by atoms with van der Waals surface area (Å²) in [4.78, 5) is 11.5. The molecule has 0 aliphatic rings. The summed E-state index contributed by atoms with van der Waals surface area (Å²) in [7, 11) is 1.46. The van der Waals surface area contributed by atoms with Crippen LogP contribution in [0.2, 0.25) is 0 Å². The molecule has 1 rings (SSSR count). The van der Waals surface area contributed by atoms with Crippen molar-refractivity contribution < 1.29 is 27.4 Å². The van der Waals surface area contributed by atoms with Crippen LogP contribution in [-0.2, 0) is 9.53 Å². The first-order valence-corrected chi connectivity index (χ1v) is 6.43. The van der Waals surface area contributed by atoms with Crippen molar-refractivity contribution >= 4 is 11.7 Å². The molecule has 0 amide bonds. The maximum atomic E-state index is 13.1. The molecule has 21 heavy (non-hydrogen) atoms. The predicted molar refractivity (Wildman–Crippen MR) is 72.3 cm³/mol. The van der Waals surface area contributed by atoms with E-state index < -0.39 is 24.1 Å². The van der Waals surface area contributed by atoms with Gasteiger partial charge in [-0.15, -0.1) is 0 Å². The summed E-state index contributed by atoms with van der Waals surface area (Å²) >= 11 is 0. The van der Waals surface area contributed by atoms with E-state index in [1.165, 1.54) is 38.3 Å². The van der Waals surface area contributed by atoms with Crippen molar-refractivity contribution in [3.05, 3.63) is 24.3 Å². The molecule has 0 aliphatic heterocycles. The second-order valence-corrected chi connectivity index (χ2v) is 4.43. The Hall–Kier alpha value is -1.92. The molecule has 1 N–H and O–H groups in total. The maximum absolute atomic E-state index is 13.1. The molecule has 0 spiro atoms. The third-order valence-corrected chi connectivity index (χ3v) is 2.92. The van der Waals surface area contributed by atoms with Gasteiger partial charge in [-0.25, -0.2) is 0 Å². The fourth-order valence-corrected chi connectivity index (χ4v) is 1.77. The zero-order chi connectivity index (χ0) is 16.0. The summed E-state index contributed by atoms with van der Waals surface area (Å²) in [6.07, 6.45) is -4.58. The Morgan fingerprint density at radius 1 is 1.29 bits per heavy atom. The molecule has 2 atom stereocenters. The Labute approximate surface area is 121 Å². The SMILES string of the molecule is CCOC(=O)C(C)C(Nc1ccc(OC)cc1)C(F)(F)F. The predicted octanol–water partition coefficient (Wildman–Crippen LogP) is 3.24. The van der Waals surface area contributed by atoms with Crippen LogP contribution in [0.25, 0.3) is 0 Å². The summed E-state index contributed by atoms with van der Waals surface area (Å²) in [5.74, 6) is -1.71. The molecule has 0 bridgehead atoms. The fourth-order valence-electron chi connectivity index (χ4n) is 1.77. The topological polar surface area (TPSA) is 47.6 Å². The van der Waals surface area contributed by atoms with E-state index >= 15 is 0 Å². The zero-order valence-corrected chi connectivity index (χ0v) is 12.0. The summed E-state index contributed by atoms with van der Waals surface area (Å²) in [5.41, 5.74) is 0.245. The largest absolute Gasteiger partial charge is 0.497 e. The zero-order valence-electron chi connectivity index (χ0n) is 12.0. The number of nitrogens with one attached hydrogen (secondary N) is 1. The van der Waals surface area contributed by atoms with Crippen molar-refractivity contribution in [2.24, 2.45) is 5.92 Å². The lowest BCUT2D eigenvalue weighted by Crippen LogP contribution is -2.45. The number of hydrogen-bond acceptors (Lipinski definition) is 4. The standard InChI is InChI=1S/C14H18F3NO3/c1-4-21-13(19)9(2)12(14(15,16)17)18-10-5-7-11(20-3)8-6-10/h5-9,12,18H,4H2,1-3H3. The van der Waals surface area contributed by atoms with E-state index in [1.54, 1.807) is 6.92 Å². The first kappa shape index (κ1) is 17.1. The molecule has 1 aromatic carbocycles. The molecule has 0 heterocycles. The van der Waals surface area contributed by atoms with Crippen molar-refractivity contribution in [1.82, 2.24) is 0 Å². The van der Waals surface area contributed by atoms with Crippen molar-refractivity contribution in [1.29, 1.82) is 0 Å². The van der Waals surface area contributed by atoms with Gasteiger partial charge in [0.25, 0.3) is 0 Å². The molecular formula is C14H18F3NO3. The Balaban J connectivity index is 2.90. The molecule has 1 aromatic rings. The number of rotatable bonds is 6. The molecule has 118 valence electrons. The number of alkyl halides is 3. The van der Waals surface area contributed by atoms with E-state index in [4.69, 9.17) is 4.74 Å². The Morgan fingerprint density at radius 3 is 2.29 bits per heavy atom. The summed E-state index contributed by atoms with van der Waals surface area (Å²) in [6, 6.07) is 3.95. The number of hydrogen-bond donors (Lipinski definition) is 1. The maximum Gasteiger partial charge on any atom is 0.409 e. The van der Waals surface area contributed by atoms with Crippen LogP contribution in [0.5, 0.6) is 5.75 Å². The number of ether oxygens (including phenoxy) is 2. The van der Waals surface area contributed by atoms with Gasteiger partial charge in [0.15, 0.2) is 0 Å². The lowest BCUT2D eigenvalue weighted by Gasteiger charge is -2.27. The molecule has 0 aliphatic carbocycles. The van der Waals surface area contributed by atoms with Crippen LogP contribution in [0.4, 0.5) is 18.9 Å². The van der Waals surface area contributed by atoms with E-state index in [2.05, 4.69) is 10.1 Å².